The zero-order valence-electron chi connectivity index (χ0n) is 12.1. The summed E-state index contributed by atoms with van der Waals surface area (Å²) in [6, 6.07) is 10.1. The van der Waals surface area contributed by atoms with Gasteiger partial charge in [0.25, 0.3) is 0 Å². The highest BCUT2D eigenvalue weighted by atomic mass is 19.2. The second kappa shape index (κ2) is 6.42. The maximum Gasteiger partial charge on any atom is 0.203 e. The van der Waals surface area contributed by atoms with Crippen molar-refractivity contribution in [2.45, 2.75) is 6.61 Å². The number of nitrogens with one attached hydrogen (secondary N) is 1. The highest BCUT2D eigenvalue weighted by Crippen LogP contribution is 2.26. The van der Waals surface area contributed by atoms with Crippen molar-refractivity contribution >= 4 is 0 Å². The van der Waals surface area contributed by atoms with Gasteiger partial charge in [-0.15, -0.1) is 5.10 Å². The van der Waals surface area contributed by atoms with E-state index < -0.39 is 23.2 Å². The van der Waals surface area contributed by atoms with Gasteiger partial charge in [0, 0.05) is 5.56 Å². The molecule has 1 heterocycles. The van der Waals surface area contributed by atoms with Crippen LogP contribution < -0.4 is 4.74 Å². The third kappa shape index (κ3) is 2.92. The number of aromatic amines is 1. The fourth-order valence-corrected chi connectivity index (χ4v) is 2.11. The van der Waals surface area contributed by atoms with Gasteiger partial charge in [0.2, 0.25) is 5.82 Å². The van der Waals surface area contributed by atoms with Crippen LogP contribution in [0.3, 0.4) is 0 Å². The van der Waals surface area contributed by atoms with E-state index in [-0.39, 0.29) is 12.3 Å². The van der Waals surface area contributed by atoms with Gasteiger partial charge in [-0.2, -0.15) is 9.65 Å². The van der Waals surface area contributed by atoms with Gasteiger partial charge in [0.15, 0.2) is 23.1 Å². The molecule has 0 aliphatic heterocycles. The molecule has 0 aliphatic carbocycles. The van der Waals surface area contributed by atoms with Gasteiger partial charge in [0.05, 0.1) is 0 Å². The Balaban J connectivity index is 1.84. The average Bonchev–Trinajstić information content (AvgIpc) is 3.07. The maximum absolute atomic E-state index is 13.6. The summed E-state index contributed by atoms with van der Waals surface area (Å²) in [6.07, 6.45) is 0. The highest BCUT2D eigenvalue weighted by Gasteiger charge is 2.16. The van der Waals surface area contributed by atoms with Crippen molar-refractivity contribution in [2.75, 3.05) is 0 Å². The van der Waals surface area contributed by atoms with Gasteiger partial charge in [-0.05, 0) is 23.8 Å². The summed E-state index contributed by atoms with van der Waals surface area (Å²) in [4.78, 5) is 0. The molecule has 0 bridgehead atoms. The van der Waals surface area contributed by atoms with Crippen LogP contribution in [-0.2, 0) is 6.61 Å². The van der Waals surface area contributed by atoms with Crippen molar-refractivity contribution in [1.82, 2.24) is 15.4 Å². The van der Waals surface area contributed by atoms with E-state index in [1.54, 1.807) is 24.3 Å². The summed E-state index contributed by atoms with van der Waals surface area (Å²) in [7, 11) is 0. The molecule has 2 aromatic carbocycles. The summed E-state index contributed by atoms with van der Waals surface area (Å²) in [5.41, 5.74) is 1.68. The fraction of sp³-hybridized carbons (Fsp3) is 0.0625. The molecule has 5 nitrogen and oxygen atoms in total. The van der Waals surface area contributed by atoms with E-state index >= 15 is 0 Å². The quantitative estimate of drug-likeness (QED) is 0.745. The Kier molecular flexibility index (Phi) is 4.16. The lowest BCUT2D eigenvalue weighted by molar-refractivity contribution is 0.268. The lowest BCUT2D eigenvalue weighted by atomic mass is 10.1. The molecule has 0 amide bonds. The molecule has 0 atom stereocenters. The third-order valence-corrected chi connectivity index (χ3v) is 3.25. The number of H-pyrrole nitrogens is 1. The largest absolute Gasteiger partial charge is 0.483 e. The Morgan fingerprint density at radius 1 is 1.12 bits per heavy atom. The summed E-state index contributed by atoms with van der Waals surface area (Å²) >= 11 is 0. The lowest BCUT2D eigenvalue weighted by Crippen LogP contribution is -2.01. The first-order valence-corrected chi connectivity index (χ1v) is 6.77. The summed E-state index contributed by atoms with van der Waals surface area (Å²) in [5, 5.41) is 18.8. The van der Waals surface area contributed by atoms with E-state index in [9.17, 15) is 13.2 Å². The Morgan fingerprint density at radius 2 is 1.92 bits per heavy atom. The van der Waals surface area contributed by atoms with Crippen molar-refractivity contribution in [1.29, 1.82) is 5.26 Å². The van der Waals surface area contributed by atoms with E-state index in [1.807, 2.05) is 6.07 Å². The second-order valence-corrected chi connectivity index (χ2v) is 4.81. The van der Waals surface area contributed by atoms with Crippen LogP contribution in [0.1, 0.15) is 11.3 Å². The molecule has 24 heavy (non-hydrogen) atoms. The maximum atomic E-state index is 13.6. The van der Waals surface area contributed by atoms with Crippen LogP contribution in [0.5, 0.6) is 5.75 Å². The SMILES string of the molecule is N#Cc1[nH]nnc1-c1cccc(COc2c(F)ccc(F)c2F)c1. The number of ether oxygens (including phenoxy) is 1. The Labute approximate surface area is 134 Å². The minimum absolute atomic E-state index is 0.190. The molecule has 3 rings (SSSR count). The Morgan fingerprint density at radius 3 is 2.71 bits per heavy atom. The number of aromatic nitrogens is 3. The van der Waals surface area contributed by atoms with Crippen molar-refractivity contribution in [2.24, 2.45) is 0 Å². The monoisotopic (exact) mass is 330 g/mol. The molecule has 0 fully saturated rings. The lowest BCUT2D eigenvalue weighted by Gasteiger charge is -2.09. The number of hydrogen-bond donors (Lipinski definition) is 1. The molecule has 0 radical (unpaired) electrons. The molecule has 3 aromatic rings. The smallest absolute Gasteiger partial charge is 0.203 e. The first-order chi connectivity index (χ1) is 11.6. The second-order valence-electron chi connectivity index (χ2n) is 4.81. The molecule has 120 valence electrons. The third-order valence-electron chi connectivity index (χ3n) is 3.25. The number of nitriles is 1. The van der Waals surface area contributed by atoms with Crippen LogP contribution >= 0.6 is 0 Å². The summed E-state index contributed by atoms with van der Waals surface area (Å²) in [6.45, 7) is -0.190. The van der Waals surface area contributed by atoms with E-state index in [2.05, 4.69) is 15.4 Å². The highest BCUT2D eigenvalue weighted by molar-refractivity contribution is 5.64. The molecule has 0 saturated heterocycles. The first kappa shape index (κ1) is 15.6. The molecule has 0 spiro atoms. The zero-order chi connectivity index (χ0) is 17.1. The standard InChI is InChI=1S/C16H9F3N4O/c17-11-4-5-12(18)16(14(11)19)24-8-9-2-1-3-10(6-9)15-13(7-20)21-23-22-15/h1-6H,8H2,(H,21,22,23). The van der Waals surface area contributed by atoms with E-state index in [4.69, 9.17) is 10.00 Å². The summed E-state index contributed by atoms with van der Waals surface area (Å²) in [5.74, 6) is -4.34. The minimum Gasteiger partial charge on any atom is -0.483 e. The Hall–Kier alpha value is -3.34. The van der Waals surface area contributed by atoms with Gasteiger partial charge < -0.3 is 4.74 Å². The van der Waals surface area contributed by atoms with Crippen molar-refractivity contribution < 1.29 is 17.9 Å². The fourth-order valence-electron chi connectivity index (χ4n) is 2.11. The Bertz CT molecular complexity index is 933. The number of benzene rings is 2. The number of nitrogens with zero attached hydrogens (tertiary/aromatic N) is 3. The molecule has 0 aliphatic rings. The van der Waals surface area contributed by atoms with E-state index in [1.165, 1.54) is 0 Å². The molecular weight excluding hydrogens is 321 g/mol. The average molecular weight is 330 g/mol. The van der Waals surface area contributed by atoms with Crippen molar-refractivity contribution in [3.8, 4) is 23.1 Å². The topological polar surface area (TPSA) is 74.6 Å². The molecular formula is C16H9F3N4O. The van der Waals surface area contributed by atoms with E-state index in [0.29, 0.717) is 22.9 Å². The van der Waals surface area contributed by atoms with Crippen LogP contribution in [0.2, 0.25) is 0 Å². The van der Waals surface area contributed by atoms with E-state index in [0.717, 1.165) is 6.07 Å². The minimum atomic E-state index is -1.38. The molecule has 0 unspecified atom stereocenters. The molecule has 1 aromatic heterocycles. The van der Waals surface area contributed by atoms with Crippen LogP contribution in [0.25, 0.3) is 11.3 Å². The van der Waals surface area contributed by atoms with Crippen LogP contribution in [-0.4, -0.2) is 15.4 Å². The number of hydrogen-bond acceptors (Lipinski definition) is 4. The molecule has 1 N–H and O–H groups in total. The van der Waals surface area contributed by atoms with Crippen LogP contribution in [0, 0.1) is 28.8 Å². The van der Waals surface area contributed by atoms with Gasteiger partial charge in [0.1, 0.15) is 18.4 Å². The summed E-state index contributed by atoms with van der Waals surface area (Å²) < 4.78 is 45.3. The predicted molar refractivity (Wildman–Crippen MR) is 77.2 cm³/mol. The van der Waals surface area contributed by atoms with Crippen LogP contribution in [0.15, 0.2) is 36.4 Å². The number of halogens is 3. The van der Waals surface area contributed by atoms with Gasteiger partial charge in [-0.3, -0.25) is 0 Å². The van der Waals surface area contributed by atoms with Gasteiger partial charge in [-0.25, -0.2) is 13.9 Å². The van der Waals surface area contributed by atoms with Crippen LogP contribution in [0.4, 0.5) is 13.2 Å². The predicted octanol–water partition coefficient (Wildman–Crippen LogP) is 3.34. The normalized spacial score (nSPS) is 10.4. The number of rotatable bonds is 4. The van der Waals surface area contributed by atoms with Crippen molar-refractivity contribution in [3.05, 3.63) is 65.1 Å². The van der Waals surface area contributed by atoms with Gasteiger partial charge >= 0.3 is 0 Å². The van der Waals surface area contributed by atoms with Crippen molar-refractivity contribution in [3.63, 3.8) is 0 Å². The molecule has 0 saturated carbocycles. The molecule has 8 heteroatoms. The van der Waals surface area contributed by atoms with Gasteiger partial charge in [-0.1, -0.05) is 23.4 Å². The first-order valence-electron chi connectivity index (χ1n) is 6.77. The zero-order valence-corrected chi connectivity index (χ0v) is 12.1.